The van der Waals surface area contributed by atoms with E-state index in [-0.39, 0.29) is 6.04 Å². The molecule has 0 bridgehead atoms. The highest BCUT2D eigenvalue weighted by Crippen LogP contribution is 2.02. The molecule has 15 heavy (non-hydrogen) atoms. The fraction of sp³-hybridized carbons (Fsp3) is 0.333. The topological polar surface area (TPSA) is 103 Å². The van der Waals surface area contributed by atoms with E-state index in [1.165, 1.54) is 0 Å². The SMILES string of the molecule is CC(N)=NC(=Nc1ncccn1)C(C)N. The highest BCUT2D eigenvalue weighted by atomic mass is 15.1. The van der Waals surface area contributed by atoms with Crippen molar-refractivity contribution in [2.75, 3.05) is 0 Å². The van der Waals surface area contributed by atoms with E-state index >= 15 is 0 Å². The number of aliphatic imine (C=N–C) groups is 2. The summed E-state index contributed by atoms with van der Waals surface area (Å²) in [5, 5.41) is 0. The molecular weight excluding hydrogens is 192 g/mol. The van der Waals surface area contributed by atoms with Crippen molar-refractivity contribution in [1.29, 1.82) is 0 Å². The van der Waals surface area contributed by atoms with Gasteiger partial charge in [-0.3, -0.25) is 0 Å². The molecule has 1 rings (SSSR count). The Kier molecular flexibility index (Phi) is 3.87. The van der Waals surface area contributed by atoms with Gasteiger partial charge >= 0.3 is 0 Å². The number of nitrogens with two attached hydrogens (primary N) is 2. The van der Waals surface area contributed by atoms with Gasteiger partial charge in [0.15, 0.2) is 5.84 Å². The van der Waals surface area contributed by atoms with Gasteiger partial charge in [0, 0.05) is 12.4 Å². The molecule has 1 unspecified atom stereocenters. The minimum Gasteiger partial charge on any atom is -0.387 e. The van der Waals surface area contributed by atoms with E-state index in [1.807, 2.05) is 0 Å². The molecule has 0 radical (unpaired) electrons. The summed E-state index contributed by atoms with van der Waals surface area (Å²) in [6, 6.07) is 1.40. The van der Waals surface area contributed by atoms with Gasteiger partial charge in [-0.15, -0.1) is 0 Å². The number of amidine groups is 2. The third kappa shape index (κ3) is 3.82. The zero-order valence-corrected chi connectivity index (χ0v) is 8.75. The molecule has 0 aliphatic carbocycles. The number of nitrogens with zero attached hydrogens (tertiary/aromatic N) is 4. The Labute approximate surface area is 88.2 Å². The van der Waals surface area contributed by atoms with Crippen molar-refractivity contribution in [3.63, 3.8) is 0 Å². The van der Waals surface area contributed by atoms with E-state index in [9.17, 15) is 0 Å². The second-order valence-electron chi connectivity index (χ2n) is 3.06. The summed E-state index contributed by atoms with van der Waals surface area (Å²) >= 11 is 0. The second-order valence-corrected chi connectivity index (χ2v) is 3.06. The lowest BCUT2D eigenvalue weighted by Gasteiger charge is -2.04. The van der Waals surface area contributed by atoms with Gasteiger partial charge in [0.25, 0.3) is 5.95 Å². The molecule has 6 heteroatoms. The third-order valence-electron chi connectivity index (χ3n) is 1.46. The van der Waals surface area contributed by atoms with Gasteiger partial charge in [0.05, 0.1) is 11.9 Å². The zero-order chi connectivity index (χ0) is 11.3. The molecule has 0 amide bonds. The molecule has 1 atom stereocenters. The van der Waals surface area contributed by atoms with Gasteiger partial charge < -0.3 is 11.5 Å². The van der Waals surface area contributed by atoms with E-state index in [0.717, 1.165) is 0 Å². The first-order chi connectivity index (χ1) is 7.09. The minimum absolute atomic E-state index is 0.313. The molecule has 6 nitrogen and oxygen atoms in total. The average Bonchev–Trinajstić information content (AvgIpc) is 2.17. The van der Waals surface area contributed by atoms with Crippen LogP contribution in [0.15, 0.2) is 28.4 Å². The van der Waals surface area contributed by atoms with Crippen LogP contribution < -0.4 is 11.5 Å². The van der Waals surface area contributed by atoms with Crippen molar-refractivity contribution < 1.29 is 0 Å². The molecule has 0 saturated carbocycles. The maximum Gasteiger partial charge on any atom is 0.251 e. The standard InChI is InChI=1S/C9H14N6/c1-6(10)8(14-7(2)11)15-9-12-4-3-5-13-9/h3-6H,10H2,1-2H3,(H2,11,12,13,14,15). The molecule has 0 spiro atoms. The van der Waals surface area contributed by atoms with Gasteiger partial charge in [-0.1, -0.05) is 0 Å². The summed E-state index contributed by atoms with van der Waals surface area (Å²) in [7, 11) is 0. The second kappa shape index (κ2) is 5.16. The van der Waals surface area contributed by atoms with Crippen LogP contribution in [-0.2, 0) is 0 Å². The minimum atomic E-state index is -0.313. The average molecular weight is 206 g/mol. The van der Waals surface area contributed by atoms with Crippen LogP contribution in [0.1, 0.15) is 13.8 Å². The van der Waals surface area contributed by atoms with Gasteiger partial charge in [0.2, 0.25) is 0 Å². The van der Waals surface area contributed by atoms with E-state index < -0.39 is 0 Å². The van der Waals surface area contributed by atoms with Crippen LogP contribution in [-0.4, -0.2) is 27.7 Å². The highest BCUT2D eigenvalue weighted by Gasteiger charge is 2.05. The maximum atomic E-state index is 5.68. The molecule has 0 aliphatic rings. The molecular formula is C9H14N6. The molecule has 1 aromatic rings. The first kappa shape index (κ1) is 11.3. The van der Waals surface area contributed by atoms with Crippen molar-refractivity contribution in [3.8, 4) is 0 Å². The maximum absolute atomic E-state index is 5.68. The van der Waals surface area contributed by atoms with Crippen molar-refractivity contribution in [2.24, 2.45) is 21.5 Å². The summed E-state index contributed by atoms with van der Waals surface area (Å²) in [5.41, 5.74) is 11.1. The van der Waals surface area contributed by atoms with Crippen molar-refractivity contribution in [1.82, 2.24) is 9.97 Å². The summed E-state index contributed by atoms with van der Waals surface area (Å²) in [6.07, 6.45) is 3.20. The first-order valence-corrected chi connectivity index (χ1v) is 4.51. The molecule has 0 aliphatic heterocycles. The monoisotopic (exact) mass is 206 g/mol. The highest BCUT2D eigenvalue weighted by molar-refractivity contribution is 5.98. The number of hydrogen-bond acceptors (Lipinski definition) is 4. The van der Waals surface area contributed by atoms with Crippen LogP contribution in [0.25, 0.3) is 0 Å². The number of hydrogen-bond donors (Lipinski definition) is 2. The van der Waals surface area contributed by atoms with Crippen LogP contribution in [0.2, 0.25) is 0 Å². The van der Waals surface area contributed by atoms with Gasteiger partial charge in [-0.25, -0.2) is 15.0 Å². The van der Waals surface area contributed by atoms with Crippen molar-refractivity contribution in [3.05, 3.63) is 18.5 Å². The summed E-state index contributed by atoms with van der Waals surface area (Å²) in [4.78, 5) is 16.0. The fourth-order valence-corrected chi connectivity index (χ4v) is 0.861. The quantitative estimate of drug-likeness (QED) is 0.534. The molecule has 0 aromatic carbocycles. The normalized spacial score (nSPS) is 15.1. The molecule has 4 N–H and O–H groups in total. The van der Waals surface area contributed by atoms with Crippen LogP contribution in [0.3, 0.4) is 0 Å². The summed E-state index contributed by atoms with van der Waals surface area (Å²) < 4.78 is 0. The van der Waals surface area contributed by atoms with Crippen LogP contribution in [0, 0.1) is 0 Å². The Bertz CT molecular complexity index is 363. The fourth-order valence-electron chi connectivity index (χ4n) is 0.861. The Morgan fingerprint density at radius 2 is 2.00 bits per heavy atom. The van der Waals surface area contributed by atoms with E-state index in [4.69, 9.17) is 11.5 Å². The van der Waals surface area contributed by atoms with Crippen molar-refractivity contribution >= 4 is 17.6 Å². The summed E-state index contributed by atoms with van der Waals surface area (Å²) in [5.74, 6) is 1.15. The van der Waals surface area contributed by atoms with Crippen LogP contribution in [0.4, 0.5) is 5.95 Å². The Balaban J connectivity index is 3.00. The Morgan fingerprint density at radius 1 is 1.40 bits per heavy atom. The first-order valence-electron chi connectivity index (χ1n) is 4.51. The Morgan fingerprint density at radius 3 is 2.47 bits per heavy atom. The molecule has 80 valence electrons. The molecule has 1 heterocycles. The number of aromatic nitrogens is 2. The summed E-state index contributed by atoms with van der Waals surface area (Å²) in [6.45, 7) is 3.44. The zero-order valence-electron chi connectivity index (χ0n) is 8.75. The smallest absolute Gasteiger partial charge is 0.251 e. The van der Waals surface area contributed by atoms with Gasteiger partial charge in [-0.2, -0.15) is 4.99 Å². The van der Waals surface area contributed by atoms with Crippen LogP contribution in [0.5, 0.6) is 0 Å². The lowest BCUT2D eigenvalue weighted by atomic mass is 10.3. The Hall–Kier alpha value is -1.82. The predicted molar refractivity (Wildman–Crippen MR) is 60.1 cm³/mol. The van der Waals surface area contributed by atoms with E-state index in [1.54, 1.807) is 32.3 Å². The third-order valence-corrected chi connectivity index (χ3v) is 1.46. The van der Waals surface area contributed by atoms with E-state index in [2.05, 4.69) is 20.0 Å². The molecule has 0 saturated heterocycles. The van der Waals surface area contributed by atoms with Crippen molar-refractivity contribution in [2.45, 2.75) is 19.9 Å². The van der Waals surface area contributed by atoms with E-state index in [0.29, 0.717) is 17.6 Å². The largest absolute Gasteiger partial charge is 0.387 e. The van der Waals surface area contributed by atoms with Crippen LogP contribution >= 0.6 is 0 Å². The number of rotatable bonds is 2. The lowest BCUT2D eigenvalue weighted by Crippen LogP contribution is -2.27. The lowest BCUT2D eigenvalue weighted by molar-refractivity contribution is 0.953. The molecule has 1 aromatic heterocycles. The van der Waals surface area contributed by atoms with Gasteiger partial charge in [-0.05, 0) is 19.9 Å². The predicted octanol–water partition coefficient (Wildman–Crippen LogP) is 0.231. The van der Waals surface area contributed by atoms with Gasteiger partial charge in [0.1, 0.15) is 0 Å². The molecule has 0 fully saturated rings.